The van der Waals surface area contributed by atoms with Gasteiger partial charge in [0.1, 0.15) is 5.75 Å². The summed E-state index contributed by atoms with van der Waals surface area (Å²) in [5.41, 5.74) is 7.27. The predicted octanol–water partition coefficient (Wildman–Crippen LogP) is 2.45. The fraction of sp³-hybridized carbons (Fsp3) is 0.312. The van der Waals surface area contributed by atoms with Crippen LogP contribution in [0.25, 0.3) is 0 Å². The number of aryl methyl sites for hydroxylation is 2. The highest BCUT2D eigenvalue weighted by Crippen LogP contribution is 2.25. The van der Waals surface area contributed by atoms with E-state index < -0.39 is 0 Å². The maximum atomic E-state index is 5.70. The molecule has 4 heteroatoms. The normalized spacial score (nSPS) is 12.2. The molecule has 0 amide bonds. The molecule has 2 aromatic rings. The summed E-state index contributed by atoms with van der Waals surface area (Å²) in [4.78, 5) is 4.32. The number of aromatic nitrogens is 1. The Morgan fingerprint density at radius 1 is 1.25 bits per heavy atom. The lowest BCUT2D eigenvalue weighted by molar-refractivity contribution is 0.405. The Morgan fingerprint density at radius 3 is 2.65 bits per heavy atom. The van der Waals surface area contributed by atoms with E-state index in [4.69, 9.17) is 10.6 Å². The van der Waals surface area contributed by atoms with E-state index in [-0.39, 0.29) is 6.04 Å². The molecule has 0 aliphatic rings. The molecule has 1 heterocycles. The molecular weight excluding hydrogens is 250 g/mol. The van der Waals surface area contributed by atoms with Gasteiger partial charge in [-0.1, -0.05) is 23.8 Å². The summed E-state index contributed by atoms with van der Waals surface area (Å²) in [6, 6.07) is 10.2. The topological polar surface area (TPSA) is 60.2 Å². The van der Waals surface area contributed by atoms with E-state index in [1.54, 1.807) is 7.11 Å². The molecule has 2 rings (SSSR count). The Morgan fingerprint density at radius 2 is 2.05 bits per heavy atom. The second-order valence-corrected chi connectivity index (χ2v) is 4.97. The number of benzene rings is 1. The second kappa shape index (κ2) is 6.50. The van der Waals surface area contributed by atoms with Gasteiger partial charge in [0.25, 0.3) is 0 Å². The molecule has 1 unspecified atom stereocenters. The van der Waals surface area contributed by atoms with Gasteiger partial charge in [-0.3, -0.25) is 16.3 Å². The highest BCUT2D eigenvalue weighted by atomic mass is 16.5. The summed E-state index contributed by atoms with van der Waals surface area (Å²) < 4.78 is 5.42. The van der Waals surface area contributed by atoms with Gasteiger partial charge in [-0.2, -0.15) is 0 Å². The summed E-state index contributed by atoms with van der Waals surface area (Å²) in [6.45, 7) is 4.04. The van der Waals surface area contributed by atoms with Gasteiger partial charge in [-0.15, -0.1) is 0 Å². The fourth-order valence-electron chi connectivity index (χ4n) is 2.25. The molecule has 0 aliphatic carbocycles. The van der Waals surface area contributed by atoms with Crippen LogP contribution in [0.2, 0.25) is 0 Å². The highest BCUT2D eigenvalue weighted by molar-refractivity contribution is 5.38. The minimum absolute atomic E-state index is 0.0128. The van der Waals surface area contributed by atoms with Crippen molar-refractivity contribution in [2.75, 3.05) is 7.11 Å². The summed E-state index contributed by atoms with van der Waals surface area (Å²) in [7, 11) is 1.69. The van der Waals surface area contributed by atoms with Gasteiger partial charge in [-0.25, -0.2) is 0 Å². The first-order chi connectivity index (χ1) is 9.63. The van der Waals surface area contributed by atoms with E-state index in [1.807, 2.05) is 31.3 Å². The monoisotopic (exact) mass is 271 g/mol. The first-order valence-corrected chi connectivity index (χ1v) is 6.66. The number of hydrogen-bond donors (Lipinski definition) is 2. The van der Waals surface area contributed by atoms with Crippen molar-refractivity contribution >= 4 is 0 Å². The fourth-order valence-corrected chi connectivity index (χ4v) is 2.25. The number of rotatable bonds is 5. The van der Waals surface area contributed by atoms with Crippen LogP contribution in [0.15, 0.2) is 36.5 Å². The second-order valence-electron chi connectivity index (χ2n) is 4.97. The summed E-state index contributed by atoms with van der Waals surface area (Å²) in [6.07, 6.45) is 2.62. The molecule has 1 aromatic carbocycles. The van der Waals surface area contributed by atoms with Gasteiger partial charge in [0.15, 0.2) is 0 Å². The molecule has 3 N–H and O–H groups in total. The molecule has 106 valence electrons. The van der Waals surface area contributed by atoms with Gasteiger partial charge < -0.3 is 4.74 Å². The van der Waals surface area contributed by atoms with E-state index >= 15 is 0 Å². The van der Waals surface area contributed by atoms with Crippen molar-refractivity contribution in [3.8, 4) is 5.75 Å². The minimum atomic E-state index is 0.0128. The molecule has 0 aliphatic heterocycles. The van der Waals surface area contributed by atoms with Crippen molar-refractivity contribution in [2.24, 2.45) is 5.84 Å². The van der Waals surface area contributed by atoms with Crippen molar-refractivity contribution in [3.63, 3.8) is 0 Å². The molecule has 1 aromatic heterocycles. The molecule has 0 saturated carbocycles. The third-order valence-corrected chi connectivity index (χ3v) is 3.40. The Hall–Kier alpha value is -1.91. The number of nitrogens with one attached hydrogen (secondary N) is 1. The predicted molar refractivity (Wildman–Crippen MR) is 80.5 cm³/mol. The molecule has 0 spiro atoms. The van der Waals surface area contributed by atoms with Gasteiger partial charge >= 0.3 is 0 Å². The highest BCUT2D eigenvalue weighted by Gasteiger charge is 2.14. The van der Waals surface area contributed by atoms with Gasteiger partial charge in [0.05, 0.1) is 13.2 Å². The number of nitrogens with zero attached hydrogens (tertiary/aromatic N) is 1. The van der Waals surface area contributed by atoms with Crippen molar-refractivity contribution in [1.29, 1.82) is 0 Å². The number of nitrogens with two attached hydrogens (primary N) is 1. The van der Waals surface area contributed by atoms with E-state index in [0.29, 0.717) is 0 Å². The van der Waals surface area contributed by atoms with Crippen molar-refractivity contribution in [2.45, 2.75) is 26.3 Å². The standard InChI is InChI=1S/C16H21N3O/c1-11-4-7-16(20-3)14(8-11)9-15(19-17)13-6-5-12(2)18-10-13/h4-8,10,15,19H,9,17H2,1-3H3. The number of hydrazine groups is 1. The number of ether oxygens (including phenoxy) is 1. The molecule has 4 nitrogen and oxygen atoms in total. The summed E-state index contributed by atoms with van der Waals surface area (Å²) in [5, 5.41) is 0. The van der Waals surface area contributed by atoms with Crippen LogP contribution in [-0.4, -0.2) is 12.1 Å². The number of methoxy groups -OCH3 is 1. The lowest BCUT2D eigenvalue weighted by atomic mass is 9.98. The van der Waals surface area contributed by atoms with Crippen LogP contribution < -0.4 is 16.0 Å². The first kappa shape index (κ1) is 14.5. The Labute approximate surface area is 120 Å². The van der Waals surface area contributed by atoms with E-state index in [0.717, 1.165) is 29.0 Å². The summed E-state index contributed by atoms with van der Waals surface area (Å²) >= 11 is 0. The smallest absolute Gasteiger partial charge is 0.122 e. The number of hydrogen-bond acceptors (Lipinski definition) is 4. The van der Waals surface area contributed by atoms with Crippen molar-refractivity contribution in [3.05, 3.63) is 58.9 Å². The quantitative estimate of drug-likeness (QED) is 0.648. The summed E-state index contributed by atoms with van der Waals surface area (Å²) in [5.74, 6) is 6.59. The zero-order chi connectivity index (χ0) is 14.5. The Balaban J connectivity index is 2.26. The Bertz CT molecular complexity index is 566. The van der Waals surface area contributed by atoms with Crippen LogP contribution in [0, 0.1) is 13.8 Å². The van der Waals surface area contributed by atoms with Crippen molar-refractivity contribution < 1.29 is 4.74 Å². The lowest BCUT2D eigenvalue weighted by Crippen LogP contribution is -2.29. The minimum Gasteiger partial charge on any atom is -0.496 e. The average Bonchev–Trinajstić information content (AvgIpc) is 2.46. The molecule has 0 radical (unpaired) electrons. The van der Waals surface area contributed by atoms with Crippen molar-refractivity contribution in [1.82, 2.24) is 10.4 Å². The van der Waals surface area contributed by atoms with Gasteiger partial charge in [-0.05, 0) is 43.5 Å². The lowest BCUT2D eigenvalue weighted by Gasteiger charge is -2.18. The van der Waals surface area contributed by atoms with Crippen LogP contribution in [0.5, 0.6) is 5.75 Å². The maximum absolute atomic E-state index is 5.70. The van der Waals surface area contributed by atoms with E-state index in [1.165, 1.54) is 5.56 Å². The van der Waals surface area contributed by atoms with Gasteiger partial charge in [0, 0.05) is 11.9 Å². The van der Waals surface area contributed by atoms with Gasteiger partial charge in [0.2, 0.25) is 0 Å². The first-order valence-electron chi connectivity index (χ1n) is 6.66. The molecule has 0 fully saturated rings. The van der Waals surface area contributed by atoms with E-state index in [2.05, 4.69) is 29.5 Å². The van der Waals surface area contributed by atoms with Crippen LogP contribution in [0.3, 0.4) is 0 Å². The SMILES string of the molecule is COc1ccc(C)cc1CC(NN)c1ccc(C)nc1. The van der Waals surface area contributed by atoms with Crippen LogP contribution in [0.4, 0.5) is 0 Å². The largest absolute Gasteiger partial charge is 0.496 e. The molecule has 0 bridgehead atoms. The average molecular weight is 271 g/mol. The zero-order valence-corrected chi connectivity index (χ0v) is 12.2. The van der Waals surface area contributed by atoms with Crippen LogP contribution in [-0.2, 0) is 6.42 Å². The maximum Gasteiger partial charge on any atom is 0.122 e. The molecule has 0 saturated heterocycles. The number of pyridine rings is 1. The molecule has 20 heavy (non-hydrogen) atoms. The van der Waals surface area contributed by atoms with E-state index in [9.17, 15) is 0 Å². The van der Waals surface area contributed by atoms with Crippen LogP contribution >= 0.6 is 0 Å². The van der Waals surface area contributed by atoms with Crippen LogP contribution in [0.1, 0.15) is 28.4 Å². The molecular formula is C16H21N3O. The zero-order valence-electron chi connectivity index (χ0n) is 12.2. The Kier molecular flexibility index (Phi) is 4.71. The third kappa shape index (κ3) is 3.35. The third-order valence-electron chi connectivity index (χ3n) is 3.40. The molecule has 1 atom stereocenters.